The summed E-state index contributed by atoms with van der Waals surface area (Å²) < 4.78 is 1.80. The van der Waals surface area contributed by atoms with E-state index in [2.05, 4.69) is 11.1 Å². The molecule has 0 aliphatic heterocycles. The minimum Gasteiger partial charge on any atom is -0.235 e. The van der Waals surface area contributed by atoms with Gasteiger partial charge in [0.2, 0.25) is 0 Å². The molecule has 2 aromatic heterocycles. The Hall–Kier alpha value is -1.67. The van der Waals surface area contributed by atoms with E-state index in [-0.39, 0.29) is 0 Å². The van der Waals surface area contributed by atoms with Crippen LogP contribution in [0.4, 0.5) is 0 Å². The summed E-state index contributed by atoms with van der Waals surface area (Å²) in [7, 11) is 0. The topological polar surface area (TPSA) is 36.7 Å². The lowest BCUT2D eigenvalue weighted by atomic mass is 10.2. The predicted molar refractivity (Wildman–Crippen MR) is 82.4 cm³/mol. The highest BCUT2D eigenvalue weighted by atomic mass is 35.5. The normalized spacial score (nSPS) is 11.7. The lowest BCUT2D eigenvalue weighted by Gasteiger charge is -1.90. The third-order valence-electron chi connectivity index (χ3n) is 2.53. The van der Waals surface area contributed by atoms with E-state index in [4.69, 9.17) is 11.6 Å². The first kappa shape index (κ1) is 12.4. The summed E-state index contributed by atoms with van der Waals surface area (Å²) in [6.45, 7) is 0. The first-order chi connectivity index (χ1) is 9.26. The third-order valence-corrected chi connectivity index (χ3v) is 4.77. The Labute approximate surface area is 123 Å². The molecule has 0 atom stereocenters. The second-order valence-electron chi connectivity index (χ2n) is 3.80. The number of hydrogen-bond acceptors (Lipinski definition) is 4. The molecule has 1 aromatic carbocycles. The van der Waals surface area contributed by atoms with Crippen LogP contribution in [0.5, 0.6) is 0 Å². The zero-order valence-corrected chi connectivity index (χ0v) is 12.0. The summed E-state index contributed by atoms with van der Waals surface area (Å²) in [5, 5.41) is 10.0. The van der Waals surface area contributed by atoms with E-state index < -0.39 is 0 Å². The van der Waals surface area contributed by atoms with E-state index in [1.54, 1.807) is 0 Å². The van der Waals surface area contributed by atoms with Crippen LogP contribution in [-0.4, -0.2) is 4.98 Å². The van der Waals surface area contributed by atoms with Crippen molar-refractivity contribution in [2.45, 2.75) is 0 Å². The molecular formula is C14H7ClN2S2. The first-order valence-corrected chi connectivity index (χ1v) is 7.50. The number of halogens is 1. The molecule has 2 nitrogen and oxygen atoms in total. The van der Waals surface area contributed by atoms with E-state index in [9.17, 15) is 5.26 Å². The fourth-order valence-corrected chi connectivity index (χ4v) is 3.61. The van der Waals surface area contributed by atoms with Gasteiger partial charge in [-0.1, -0.05) is 23.7 Å². The number of para-hydroxylation sites is 1. The number of thiazole rings is 1. The summed E-state index contributed by atoms with van der Waals surface area (Å²) in [6.07, 6.45) is 1.83. The van der Waals surface area contributed by atoms with Crippen molar-refractivity contribution < 1.29 is 0 Å². The lowest BCUT2D eigenvalue weighted by molar-refractivity contribution is 1.44. The van der Waals surface area contributed by atoms with E-state index in [1.807, 2.05) is 42.5 Å². The molecule has 0 aliphatic rings. The van der Waals surface area contributed by atoms with Gasteiger partial charge in [-0.05, 0) is 30.3 Å². The maximum atomic E-state index is 9.29. The number of allylic oxidation sites excluding steroid dienone is 1. The summed E-state index contributed by atoms with van der Waals surface area (Å²) in [5.74, 6) is 0. The monoisotopic (exact) mass is 302 g/mol. The van der Waals surface area contributed by atoms with Crippen molar-refractivity contribution in [3.63, 3.8) is 0 Å². The molecule has 0 bridgehead atoms. The van der Waals surface area contributed by atoms with Crippen molar-refractivity contribution >= 4 is 56.1 Å². The summed E-state index contributed by atoms with van der Waals surface area (Å²) in [6, 6.07) is 13.8. The molecule has 2 heterocycles. The number of nitriles is 1. The molecule has 3 aromatic rings. The smallest absolute Gasteiger partial charge is 0.135 e. The average molecular weight is 303 g/mol. The van der Waals surface area contributed by atoms with Gasteiger partial charge in [-0.2, -0.15) is 5.26 Å². The first-order valence-electron chi connectivity index (χ1n) is 5.49. The van der Waals surface area contributed by atoms with E-state index in [0.29, 0.717) is 9.91 Å². The average Bonchev–Trinajstić information content (AvgIpc) is 3.01. The van der Waals surface area contributed by atoms with Crippen molar-refractivity contribution in [1.29, 1.82) is 5.26 Å². The van der Waals surface area contributed by atoms with Gasteiger partial charge >= 0.3 is 0 Å². The van der Waals surface area contributed by atoms with Crippen molar-refractivity contribution in [3.05, 3.63) is 50.6 Å². The lowest BCUT2D eigenvalue weighted by Crippen LogP contribution is -1.78. The van der Waals surface area contributed by atoms with E-state index >= 15 is 0 Å². The Bertz CT molecular complexity index is 775. The second kappa shape index (κ2) is 5.14. The van der Waals surface area contributed by atoms with Crippen LogP contribution in [0.15, 0.2) is 36.4 Å². The number of fused-ring (bicyclic) bond motifs is 1. The Kier molecular flexibility index (Phi) is 3.34. The van der Waals surface area contributed by atoms with Crippen LogP contribution in [0.25, 0.3) is 21.9 Å². The molecule has 3 rings (SSSR count). The number of hydrogen-bond donors (Lipinski definition) is 0. The molecular weight excluding hydrogens is 296 g/mol. The largest absolute Gasteiger partial charge is 0.235 e. The summed E-state index contributed by atoms with van der Waals surface area (Å²) >= 11 is 8.86. The van der Waals surface area contributed by atoms with E-state index in [1.165, 1.54) is 22.7 Å². The number of nitrogens with zero attached hydrogens (tertiary/aromatic N) is 2. The number of aromatic nitrogens is 1. The fourth-order valence-electron chi connectivity index (χ4n) is 1.68. The van der Waals surface area contributed by atoms with Gasteiger partial charge in [0.25, 0.3) is 0 Å². The quantitative estimate of drug-likeness (QED) is 0.619. The van der Waals surface area contributed by atoms with Crippen LogP contribution in [0.3, 0.4) is 0 Å². The van der Waals surface area contributed by atoms with Gasteiger partial charge in [0.05, 0.1) is 20.1 Å². The molecule has 0 unspecified atom stereocenters. The third kappa shape index (κ3) is 2.54. The molecule has 0 spiro atoms. The van der Waals surface area contributed by atoms with Crippen molar-refractivity contribution in [3.8, 4) is 6.07 Å². The zero-order valence-electron chi connectivity index (χ0n) is 9.63. The highest BCUT2D eigenvalue weighted by Crippen LogP contribution is 2.30. The molecule has 0 N–H and O–H groups in total. The van der Waals surface area contributed by atoms with Crippen LogP contribution in [-0.2, 0) is 0 Å². The van der Waals surface area contributed by atoms with Gasteiger partial charge in [0.15, 0.2) is 0 Å². The van der Waals surface area contributed by atoms with Gasteiger partial charge in [-0.3, -0.25) is 0 Å². The second-order valence-corrected chi connectivity index (χ2v) is 6.58. The molecule has 0 amide bonds. The zero-order chi connectivity index (χ0) is 13.2. The SMILES string of the molecule is N#C/C(=C\c1ccc(Cl)s1)c1nc2ccccc2s1. The maximum absolute atomic E-state index is 9.29. The van der Waals surface area contributed by atoms with Crippen LogP contribution in [0, 0.1) is 11.3 Å². The van der Waals surface area contributed by atoms with Gasteiger partial charge in [-0.15, -0.1) is 22.7 Å². The molecule has 0 saturated carbocycles. The van der Waals surface area contributed by atoms with Crippen molar-refractivity contribution in [2.75, 3.05) is 0 Å². The number of benzene rings is 1. The molecule has 92 valence electrons. The van der Waals surface area contributed by atoms with E-state index in [0.717, 1.165) is 20.1 Å². The van der Waals surface area contributed by atoms with Gasteiger partial charge < -0.3 is 0 Å². The summed E-state index contributed by atoms with van der Waals surface area (Å²) in [4.78, 5) is 5.45. The van der Waals surface area contributed by atoms with Crippen molar-refractivity contribution in [2.24, 2.45) is 0 Å². The molecule has 19 heavy (non-hydrogen) atoms. The minimum absolute atomic E-state index is 0.569. The van der Waals surface area contributed by atoms with Crippen LogP contribution < -0.4 is 0 Å². The molecule has 0 radical (unpaired) electrons. The standard InChI is InChI=1S/C14H7ClN2S2/c15-13-6-5-10(18-13)7-9(8-16)14-17-11-3-1-2-4-12(11)19-14/h1-7H/b9-7+. The van der Waals surface area contributed by atoms with Gasteiger partial charge in [0, 0.05) is 4.88 Å². The maximum Gasteiger partial charge on any atom is 0.135 e. The molecule has 0 saturated heterocycles. The molecule has 5 heteroatoms. The highest BCUT2D eigenvalue weighted by Gasteiger charge is 2.08. The minimum atomic E-state index is 0.569. The van der Waals surface area contributed by atoms with Gasteiger partial charge in [0.1, 0.15) is 11.1 Å². The molecule has 0 aliphatic carbocycles. The Morgan fingerprint density at radius 2 is 2.05 bits per heavy atom. The van der Waals surface area contributed by atoms with Gasteiger partial charge in [-0.25, -0.2) is 4.98 Å². The Balaban J connectivity index is 2.07. The highest BCUT2D eigenvalue weighted by molar-refractivity contribution is 7.19. The van der Waals surface area contributed by atoms with Crippen molar-refractivity contribution in [1.82, 2.24) is 4.98 Å². The predicted octanol–water partition coefficient (Wildman–Crippen LogP) is 5.08. The fraction of sp³-hybridized carbons (Fsp3) is 0. The van der Waals surface area contributed by atoms with Crippen LogP contribution in [0.1, 0.15) is 9.88 Å². The Morgan fingerprint density at radius 1 is 1.21 bits per heavy atom. The van der Waals surface area contributed by atoms with Crippen LogP contribution >= 0.6 is 34.3 Å². The summed E-state index contributed by atoms with van der Waals surface area (Å²) in [5.41, 5.74) is 1.49. The van der Waals surface area contributed by atoms with Crippen LogP contribution in [0.2, 0.25) is 4.34 Å². The number of thiophene rings is 1. The Morgan fingerprint density at radius 3 is 2.74 bits per heavy atom. The molecule has 0 fully saturated rings. The number of rotatable bonds is 2.